The molecule has 27 heavy (non-hydrogen) atoms. The van der Waals surface area contributed by atoms with Crippen molar-refractivity contribution < 1.29 is 13.2 Å². The largest absolute Gasteiger partial charge is 0.496 e. The Morgan fingerprint density at radius 3 is 2.44 bits per heavy atom. The van der Waals surface area contributed by atoms with Crippen LogP contribution in [0.4, 0.5) is 5.69 Å². The van der Waals surface area contributed by atoms with E-state index >= 15 is 0 Å². The molecule has 0 unspecified atom stereocenters. The number of aryl methyl sites for hydroxylation is 1. The molecule has 140 valence electrons. The highest BCUT2D eigenvalue weighted by atomic mass is 35.5. The number of methoxy groups -OCH3 is 1. The summed E-state index contributed by atoms with van der Waals surface area (Å²) in [6.07, 6.45) is 3.30. The Balaban J connectivity index is 2.07. The molecule has 0 saturated heterocycles. The summed E-state index contributed by atoms with van der Waals surface area (Å²) in [6, 6.07) is 15.1. The fourth-order valence-electron chi connectivity index (χ4n) is 2.72. The molecule has 0 aliphatic carbocycles. The van der Waals surface area contributed by atoms with E-state index in [0.717, 1.165) is 11.1 Å². The third-order valence-electron chi connectivity index (χ3n) is 4.12. The molecule has 7 heteroatoms. The Kier molecular flexibility index (Phi) is 5.68. The number of hydrogen-bond acceptors (Lipinski definition) is 4. The second-order valence-electron chi connectivity index (χ2n) is 5.98. The fraction of sp³-hybridized carbons (Fsp3) is 0.150. The molecule has 3 rings (SSSR count). The van der Waals surface area contributed by atoms with E-state index in [1.165, 1.54) is 4.31 Å². The molecule has 0 bridgehead atoms. The first kappa shape index (κ1) is 19.2. The smallest absolute Gasteiger partial charge is 0.264 e. The fourth-order valence-corrected chi connectivity index (χ4v) is 4.38. The molecular weight excluding hydrogens is 384 g/mol. The SMILES string of the molecule is COc1ccc(S(=O)(=O)N(Cc2cccnc2)c2ccc(Cl)cc2)cc1C. The van der Waals surface area contributed by atoms with Gasteiger partial charge in [-0.25, -0.2) is 8.42 Å². The zero-order chi connectivity index (χ0) is 19.4. The second kappa shape index (κ2) is 7.98. The zero-order valence-corrected chi connectivity index (χ0v) is 16.5. The van der Waals surface area contributed by atoms with E-state index in [0.29, 0.717) is 16.5 Å². The molecular formula is C20H19ClN2O3S. The minimum Gasteiger partial charge on any atom is -0.496 e. The van der Waals surface area contributed by atoms with Gasteiger partial charge in [0.1, 0.15) is 5.75 Å². The van der Waals surface area contributed by atoms with E-state index in [9.17, 15) is 8.42 Å². The number of aromatic nitrogens is 1. The summed E-state index contributed by atoms with van der Waals surface area (Å²) < 4.78 is 33.4. The molecule has 0 radical (unpaired) electrons. The number of halogens is 1. The lowest BCUT2D eigenvalue weighted by Crippen LogP contribution is -2.30. The third kappa shape index (κ3) is 4.23. The van der Waals surface area contributed by atoms with E-state index in [2.05, 4.69) is 4.98 Å². The second-order valence-corrected chi connectivity index (χ2v) is 8.28. The highest BCUT2D eigenvalue weighted by Crippen LogP contribution is 2.29. The normalized spacial score (nSPS) is 11.2. The van der Waals surface area contributed by atoms with Crippen molar-refractivity contribution in [3.8, 4) is 5.75 Å². The van der Waals surface area contributed by atoms with Crippen molar-refractivity contribution >= 4 is 27.3 Å². The van der Waals surface area contributed by atoms with Gasteiger partial charge in [0.05, 0.1) is 24.2 Å². The molecule has 3 aromatic rings. The average Bonchev–Trinajstić information content (AvgIpc) is 2.67. The molecule has 5 nitrogen and oxygen atoms in total. The Morgan fingerprint density at radius 1 is 1.11 bits per heavy atom. The molecule has 2 aromatic carbocycles. The van der Waals surface area contributed by atoms with E-state index in [-0.39, 0.29) is 11.4 Å². The Labute approximate surface area is 164 Å². The van der Waals surface area contributed by atoms with Crippen LogP contribution in [0.5, 0.6) is 5.75 Å². The molecule has 0 aliphatic rings. The van der Waals surface area contributed by atoms with Crippen molar-refractivity contribution in [2.75, 3.05) is 11.4 Å². The lowest BCUT2D eigenvalue weighted by Gasteiger charge is -2.25. The van der Waals surface area contributed by atoms with Crippen LogP contribution in [0.25, 0.3) is 0 Å². The molecule has 0 aliphatic heterocycles. The zero-order valence-electron chi connectivity index (χ0n) is 15.0. The molecule has 1 heterocycles. The number of pyridine rings is 1. The van der Waals surface area contributed by atoms with Crippen LogP contribution in [0.1, 0.15) is 11.1 Å². The topological polar surface area (TPSA) is 59.5 Å². The van der Waals surface area contributed by atoms with Gasteiger partial charge in [0.25, 0.3) is 10.0 Å². The Morgan fingerprint density at radius 2 is 1.85 bits per heavy atom. The summed E-state index contributed by atoms with van der Waals surface area (Å²) in [7, 11) is -2.25. The van der Waals surface area contributed by atoms with Crippen molar-refractivity contribution in [2.24, 2.45) is 0 Å². The number of nitrogens with zero attached hydrogens (tertiary/aromatic N) is 2. The van der Waals surface area contributed by atoms with Gasteiger partial charge in [0.2, 0.25) is 0 Å². The summed E-state index contributed by atoms with van der Waals surface area (Å²) in [6.45, 7) is 1.97. The Bertz CT molecular complexity index is 1020. The first-order valence-corrected chi connectivity index (χ1v) is 10.1. The van der Waals surface area contributed by atoms with Crippen molar-refractivity contribution in [3.05, 3.63) is 83.1 Å². The van der Waals surface area contributed by atoms with Crippen LogP contribution in [0, 0.1) is 6.92 Å². The van der Waals surface area contributed by atoms with Crippen molar-refractivity contribution in [1.29, 1.82) is 0 Å². The van der Waals surface area contributed by atoms with Gasteiger partial charge in [-0.2, -0.15) is 0 Å². The number of rotatable bonds is 6. The maximum atomic E-state index is 13.4. The third-order valence-corrected chi connectivity index (χ3v) is 6.14. The maximum absolute atomic E-state index is 13.4. The molecule has 0 fully saturated rings. The molecule has 1 aromatic heterocycles. The van der Waals surface area contributed by atoms with Crippen LogP contribution in [-0.4, -0.2) is 20.5 Å². The molecule has 0 amide bonds. The number of sulfonamides is 1. The predicted octanol–water partition coefficient (Wildman–Crippen LogP) is 4.45. The predicted molar refractivity (Wildman–Crippen MR) is 107 cm³/mol. The summed E-state index contributed by atoms with van der Waals surface area (Å²) in [5.41, 5.74) is 2.05. The highest BCUT2D eigenvalue weighted by Gasteiger charge is 2.26. The van der Waals surface area contributed by atoms with Crippen LogP contribution >= 0.6 is 11.6 Å². The van der Waals surface area contributed by atoms with Gasteiger partial charge in [-0.3, -0.25) is 9.29 Å². The number of hydrogen-bond donors (Lipinski definition) is 0. The molecule has 0 saturated carbocycles. The lowest BCUT2D eigenvalue weighted by atomic mass is 10.2. The van der Waals surface area contributed by atoms with E-state index in [1.807, 2.05) is 13.0 Å². The number of benzene rings is 2. The van der Waals surface area contributed by atoms with E-state index in [1.54, 1.807) is 68.0 Å². The van der Waals surface area contributed by atoms with E-state index < -0.39 is 10.0 Å². The summed E-state index contributed by atoms with van der Waals surface area (Å²) in [4.78, 5) is 4.27. The standard InChI is InChI=1S/C20H19ClN2O3S/c1-15-12-19(9-10-20(15)26-2)27(24,25)23(14-16-4-3-11-22-13-16)18-7-5-17(21)6-8-18/h3-13H,14H2,1-2H3. The number of ether oxygens (including phenoxy) is 1. The monoisotopic (exact) mass is 402 g/mol. The summed E-state index contributed by atoms with van der Waals surface area (Å²) in [5.74, 6) is 0.638. The van der Waals surface area contributed by atoms with Crippen molar-refractivity contribution in [1.82, 2.24) is 4.98 Å². The summed E-state index contributed by atoms with van der Waals surface area (Å²) in [5, 5.41) is 0.540. The minimum atomic E-state index is -3.81. The minimum absolute atomic E-state index is 0.156. The number of anilines is 1. The first-order chi connectivity index (χ1) is 12.9. The Hall–Kier alpha value is -2.57. The van der Waals surface area contributed by atoms with Gasteiger partial charge >= 0.3 is 0 Å². The quantitative estimate of drug-likeness (QED) is 0.611. The van der Waals surface area contributed by atoms with E-state index in [4.69, 9.17) is 16.3 Å². The van der Waals surface area contributed by atoms with Crippen LogP contribution in [0.3, 0.4) is 0 Å². The van der Waals surface area contributed by atoms with Gasteiger partial charge in [0, 0.05) is 17.4 Å². The van der Waals surface area contributed by atoms with Crippen molar-refractivity contribution in [2.45, 2.75) is 18.4 Å². The summed E-state index contributed by atoms with van der Waals surface area (Å²) >= 11 is 5.97. The van der Waals surface area contributed by atoms with Crippen LogP contribution in [0.2, 0.25) is 5.02 Å². The van der Waals surface area contributed by atoms with Crippen LogP contribution < -0.4 is 9.04 Å². The maximum Gasteiger partial charge on any atom is 0.264 e. The first-order valence-electron chi connectivity index (χ1n) is 8.23. The van der Waals surface area contributed by atoms with Gasteiger partial charge in [-0.05, 0) is 66.6 Å². The molecule has 0 N–H and O–H groups in total. The van der Waals surface area contributed by atoms with Crippen LogP contribution in [0.15, 0.2) is 71.9 Å². The van der Waals surface area contributed by atoms with Gasteiger partial charge in [-0.15, -0.1) is 0 Å². The van der Waals surface area contributed by atoms with Gasteiger partial charge in [0.15, 0.2) is 0 Å². The average molecular weight is 403 g/mol. The molecule has 0 atom stereocenters. The van der Waals surface area contributed by atoms with Gasteiger partial charge in [-0.1, -0.05) is 17.7 Å². The molecule has 0 spiro atoms. The lowest BCUT2D eigenvalue weighted by molar-refractivity contribution is 0.411. The highest BCUT2D eigenvalue weighted by molar-refractivity contribution is 7.92. The van der Waals surface area contributed by atoms with Gasteiger partial charge < -0.3 is 4.74 Å². The van der Waals surface area contributed by atoms with Crippen LogP contribution in [-0.2, 0) is 16.6 Å². The van der Waals surface area contributed by atoms with Crippen molar-refractivity contribution in [3.63, 3.8) is 0 Å².